The van der Waals surface area contributed by atoms with Crippen molar-refractivity contribution in [1.29, 1.82) is 0 Å². The summed E-state index contributed by atoms with van der Waals surface area (Å²) >= 11 is 0. The first-order chi connectivity index (χ1) is 14.7. The number of likely N-dealkylation sites (tertiary alicyclic amines) is 1. The molecular weight excluding hydrogens is 503 g/mol. The van der Waals surface area contributed by atoms with Gasteiger partial charge in [-0.05, 0) is 56.3 Å². The number of hydrogen-bond donors (Lipinski definition) is 2. The average molecular weight is 543 g/mol. The summed E-state index contributed by atoms with van der Waals surface area (Å²) in [6, 6.07) is 7.04. The molecule has 174 valence electrons. The maximum Gasteiger partial charge on any atom is 0.191 e. The van der Waals surface area contributed by atoms with Crippen LogP contribution in [0.5, 0.6) is 11.5 Å². The van der Waals surface area contributed by atoms with Crippen molar-refractivity contribution in [1.82, 2.24) is 15.5 Å². The minimum Gasteiger partial charge on any atom is -0.486 e. The van der Waals surface area contributed by atoms with Crippen molar-refractivity contribution >= 4 is 29.9 Å². The maximum absolute atomic E-state index is 5.86. The van der Waals surface area contributed by atoms with Crippen molar-refractivity contribution in [2.24, 2.45) is 4.99 Å². The summed E-state index contributed by atoms with van der Waals surface area (Å²) in [6.45, 7) is 8.02. The predicted molar refractivity (Wildman–Crippen MR) is 137 cm³/mol. The van der Waals surface area contributed by atoms with Crippen LogP contribution in [0.15, 0.2) is 23.2 Å². The third-order valence-corrected chi connectivity index (χ3v) is 7.00. The van der Waals surface area contributed by atoms with Crippen LogP contribution in [0.4, 0.5) is 0 Å². The number of guanidine groups is 1. The number of piperidine rings is 1. The molecule has 0 spiro atoms. The van der Waals surface area contributed by atoms with E-state index in [9.17, 15) is 0 Å². The van der Waals surface area contributed by atoms with Crippen molar-refractivity contribution in [2.75, 3.05) is 46.4 Å². The number of aliphatic imine (C=N–C) groups is 1. The fourth-order valence-corrected chi connectivity index (χ4v) is 5.25. The fraction of sp³-hybridized carbons (Fsp3) is 0.708. The van der Waals surface area contributed by atoms with Crippen molar-refractivity contribution in [3.8, 4) is 11.5 Å². The minimum absolute atomic E-state index is 0. The first kappa shape index (κ1) is 24.4. The number of nitrogens with one attached hydrogen (secondary N) is 2. The van der Waals surface area contributed by atoms with E-state index in [1.165, 1.54) is 70.1 Å². The Labute approximate surface area is 204 Å². The molecule has 2 aliphatic heterocycles. The van der Waals surface area contributed by atoms with Crippen molar-refractivity contribution in [2.45, 2.75) is 63.3 Å². The highest BCUT2D eigenvalue weighted by Gasteiger charge is 2.36. The van der Waals surface area contributed by atoms with Gasteiger partial charge >= 0.3 is 0 Å². The molecule has 2 N–H and O–H groups in total. The summed E-state index contributed by atoms with van der Waals surface area (Å²) in [5.41, 5.74) is 1.50. The zero-order chi connectivity index (χ0) is 20.8. The third-order valence-electron chi connectivity index (χ3n) is 7.00. The lowest BCUT2D eigenvalue weighted by atomic mass is 9.78. The van der Waals surface area contributed by atoms with E-state index < -0.39 is 0 Å². The number of fused-ring (bicyclic) bond motifs is 1. The van der Waals surface area contributed by atoms with Crippen LogP contribution < -0.4 is 20.1 Å². The largest absolute Gasteiger partial charge is 0.486 e. The molecule has 0 bridgehead atoms. The lowest BCUT2D eigenvalue weighted by molar-refractivity contribution is 0.171. The second-order valence-electron chi connectivity index (χ2n) is 9.03. The molecule has 1 aromatic carbocycles. The molecule has 0 atom stereocenters. The van der Waals surface area contributed by atoms with Crippen LogP contribution in [0, 0.1) is 0 Å². The number of halogens is 1. The fourth-order valence-electron chi connectivity index (χ4n) is 5.25. The van der Waals surface area contributed by atoms with Crippen LogP contribution in [-0.4, -0.2) is 63.3 Å². The lowest BCUT2D eigenvalue weighted by Crippen LogP contribution is -2.51. The van der Waals surface area contributed by atoms with E-state index in [1.54, 1.807) is 0 Å². The molecule has 1 saturated carbocycles. The normalized spacial score (nSPS) is 21.4. The molecule has 2 fully saturated rings. The van der Waals surface area contributed by atoms with Gasteiger partial charge in [-0.3, -0.25) is 4.99 Å². The molecule has 6 nitrogen and oxygen atoms in total. The molecule has 7 heteroatoms. The zero-order valence-corrected chi connectivity index (χ0v) is 21.5. The van der Waals surface area contributed by atoms with E-state index in [0.717, 1.165) is 24.0 Å². The van der Waals surface area contributed by atoms with Crippen LogP contribution in [0.25, 0.3) is 0 Å². The molecule has 0 unspecified atom stereocenters. The number of rotatable bonds is 6. The molecule has 1 saturated heterocycles. The van der Waals surface area contributed by atoms with E-state index in [0.29, 0.717) is 19.3 Å². The van der Waals surface area contributed by atoms with Crippen molar-refractivity contribution in [3.05, 3.63) is 23.8 Å². The van der Waals surface area contributed by atoms with Gasteiger partial charge in [0, 0.05) is 38.1 Å². The topological polar surface area (TPSA) is 58.1 Å². The van der Waals surface area contributed by atoms with Gasteiger partial charge in [0.2, 0.25) is 0 Å². The Bertz CT molecular complexity index is 728. The van der Waals surface area contributed by atoms with E-state index in [2.05, 4.69) is 45.6 Å². The molecule has 2 heterocycles. The monoisotopic (exact) mass is 542 g/mol. The van der Waals surface area contributed by atoms with Gasteiger partial charge in [-0.25, -0.2) is 0 Å². The van der Waals surface area contributed by atoms with Crippen LogP contribution in [0.1, 0.15) is 57.4 Å². The number of ether oxygens (including phenoxy) is 2. The Morgan fingerprint density at radius 1 is 1.13 bits per heavy atom. The summed E-state index contributed by atoms with van der Waals surface area (Å²) in [6.07, 6.45) is 8.57. The molecule has 31 heavy (non-hydrogen) atoms. The van der Waals surface area contributed by atoms with Gasteiger partial charge in [-0.1, -0.05) is 25.8 Å². The second-order valence-corrected chi connectivity index (χ2v) is 9.03. The van der Waals surface area contributed by atoms with Gasteiger partial charge in [0.1, 0.15) is 13.2 Å². The number of nitrogens with zero attached hydrogens (tertiary/aromatic N) is 2. The highest BCUT2D eigenvalue weighted by Crippen LogP contribution is 2.43. The third kappa shape index (κ3) is 5.97. The Morgan fingerprint density at radius 3 is 2.52 bits per heavy atom. The lowest BCUT2D eigenvalue weighted by Gasteiger charge is -2.34. The maximum atomic E-state index is 5.86. The minimum atomic E-state index is 0. The van der Waals surface area contributed by atoms with E-state index >= 15 is 0 Å². The molecule has 3 aliphatic rings. The van der Waals surface area contributed by atoms with Crippen LogP contribution in [-0.2, 0) is 5.41 Å². The Balaban J connectivity index is 0.00000272. The van der Waals surface area contributed by atoms with Crippen LogP contribution in [0.3, 0.4) is 0 Å². The summed E-state index contributed by atoms with van der Waals surface area (Å²) in [5.74, 6) is 2.71. The van der Waals surface area contributed by atoms with E-state index in [4.69, 9.17) is 9.47 Å². The molecule has 1 aromatic rings. The Morgan fingerprint density at radius 2 is 1.84 bits per heavy atom. The van der Waals surface area contributed by atoms with Crippen LogP contribution in [0.2, 0.25) is 0 Å². The zero-order valence-electron chi connectivity index (χ0n) is 19.1. The van der Waals surface area contributed by atoms with Gasteiger partial charge < -0.3 is 25.0 Å². The summed E-state index contributed by atoms with van der Waals surface area (Å²) < 4.78 is 11.6. The van der Waals surface area contributed by atoms with Gasteiger partial charge in [0.25, 0.3) is 0 Å². The number of hydrogen-bond acceptors (Lipinski definition) is 4. The quantitative estimate of drug-likeness (QED) is 0.324. The molecule has 4 rings (SSSR count). The van der Waals surface area contributed by atoms with Crippen molar-refractivity contribution in [3.63, 3.8) is 0 Å². The van der Waals surface area contributed by atoms with Gasteiger partial charge in [0.05, 0.1) is 0 Å². The SMILES string of the molecule is CCCN1CCC(NC(=NC)NCC2(c3ccc4c(c3)OCCO4)CCCC2)CC1.I. The molecule has 1 aliphatic carbocycles. The van der Waals surface area contributed by atoms with Gasteiger partial charge in [-0.15, -0.1) is 24.0 Å². The smallest absolute Gasteiger partial charge is 0.191 e. The highest BCUT2D eigenvalue weighted by molar-refractivity contribution is 14.0. The van der Waals surface area contributed by atoms with E-state index in [-0.39, 0.29) is 29.4 Å². The van der Waals surface area contributed by atoms with Gasteiger partial charge in [0.15, 0.2) is 17.5 Å². The standard InChI is InChI=1S/C24H38N4O2.HI/c1-3-12-28-13-8-20(9-14-28)27-23(25-2)26-18-24(10-4-5-11-24)19-6-7-21-22(17-19)30-16-15-29-21;/h6-7,17,20H,3-5,8-16,18H2,1-2H3,(H2,25,26,27);1H. The summed E-state index contributed by atoms with van der Waals surface area (Å²) in [7, 11) is 1.88. The first-order valence-electron chi connectivity index (χ1n) is 11.8. The molecule has 0 radical (unpaired) electrons. The Hall–Kier alpha value is -1.22. The molecular formula is C24H39IN4O2. The second kappa shape index (κ2) is 11.6. The average Bonchev–Trinajstić information content (AvgIpc) is 3.28. The predicted octanol–water partition coefficient (Wildman–Crippen LogP) is 3.93. The molecule has 0 aromatic heterocycles. The van der Waals surface area contributed by atoms with Crippen LogP contribution >= 0.6 is 24.0 Å². The summed E-state index contributed by atoms with van der Waals surface area (Å²) in [4.78, 5) is 7.10. The number of benzene rings is 1. The van der Waals surface area contributed by atoms with Crippen molar-refractivity contribution < 1.29 is 9.47 Å². The molecule has 0 amide bonds. The van der Waals surface area contributed by atoms with Gasteiger partial charge in [-0.2, -0.15) is 0 Å². The Kier molecular flexibility index (Phi) is 9.13. The van der Waals surface area contributed by atoms with E-state index in [1.807, 2.05) is 7.05 Å². The summed E-state index contributed by atoms with van der Waals surface area (Å²) in [5, 5.41) is 7.35. The highest BCUT2D eigenvalue weighted by atomic mass is 127. The first-order valence-corrected chi connectivity index (χ1v) is 11.8.